The molecule has 4 nitrogen and oxygen atoms in total. The zero-order valence-electron chi connectivity index (χ0n) is 9.93. The van der Waals surface area contributed by atoms with Gasteiger partial charge in [-0.2, -0.15) is 0 Å². The van der Waals surface area contributed by atoms with Crippen LogP contribution in [0, 0.1) is 0 Å². The SMILES string of the molecule is COC(=O)COc1cccc2c3c(oc12)C=CC3. The molecule has 0 fully saturated rings. The number of ether oxygens (including phenoxy) is 2. The Hall–Kier alpha value is -2.23. The fraction of sp³-hybridized carbons (Fsp3) is 0.214. The van der Waals surface area contributed by atoms with Crippen molar-refractivity contribution in [2.24, 2.45) is 0 Å². The first kappa shape index (κ1) is 10.9. The molecule has 1 aliphatic rings. The highest BCUT2D eigenvalue weighted by Gasteiger charge is 2.18. The highest BCUT2D eigenvalue weighted by molar-refractivity contribution is 5.90. The van der Waals surface area contributed by atoms with Gasteiger partial charge in [0, 0.05) is 10.9 Å². The van der Waals surface area contributed by atoms with Gasteiger partial charge in [-0.15, -0.1) is 0 Å². The number of hydrogen-bond acceptors (Lipinski definition) is 4. The van der Waals surface area contributed by atoms with E-state index in [4.69, 9.17) is 9.15 Å². The van der Waals surface area contributed by atoms with Crippen LogP contribution in [0.25, 0.3) is 17.0 Å². The predicted octanol–water partition coefficient (Wildman–Crippen LogP) is 2.55. The lowest BCUT2D eigenvalue weighted by molar-refractivity contribution is -0.142. The lowest BCUT2D eigenvalue weighted by atomic mass is 10.1. The molecular formula is C14H12O4. The molecule has 0 aliphatic heterocycles. The van der Waals surface area contributed by atoms with Crippen LogP contribution in [0.2, 0.25) is 0 Å². The van der Waals surface area contributed by atoms with E-state index >= 15 is 0 Å². The van der Waals surface area contributed by atoms with E-state index in [1.165, 1.54) is 12.7 Å². The van der Waals surface area contributed by atoms with Crippen LogP contribution >= 0.6 is 0 Å². The highest BCUT2D eigenvalue weighted by atomic mass is 16.6. The van der Waals surface area contributed by atoms with Crippen LogP contribution < -0.4 is 4.74 Å². The van der Waals surface area contributed by atoms with Gasteiger partial charge in [0.25, 0.3) is 0 Å². The molecule has 0 amide bonds. The summed E-state index contributed by atoms with van der Waals surface area (Å²) in [6.07, 6.45) is 4.90. The normalized spacial score (nSPS) is 12.7. The molecule has 0 spiro atoms. The third-order valence-corrected chi connectivity index (χ3v) is 2.98. The van der Waals surface area contributed by atoms with Crippen LogP contribution in [0.15, 0.2) is 28.7 Å². The van der Waals surface area contributed by atoms with E-state index in [0.717, 1.165) is 17.6 Å². The summed E-state index contributed by atoms with van der Waals surface area (Å²) in [5.41, 5.74) is 1.87. The van der Waals surface area contributed by atoms with Gasteiger partial charge in [-0.3, -0.25) is 0 Å². The van der Waals surface area contributed by atoms with E-state index in [9.17, 15) is 4.79 Å². The second kappa shape index (κ2) is 4.22. The zero-order chi connectivity index (χ0) is 12.5. The van der Waals surface area contributed by atoms with Gasteiger partial charge >= 0.3 is 5.97 Å². The van der Waals surface area contributed by atoms with Gasteiger partial charge in [0.2, 0.25) is 0 Å². The van der Waals surface area contributed by atoms with E-state index in [1.807, 2.05) is 18.2 Å². The summed E-state index contributed by atoms with van der Waals surface area (Å²) >= 11 is 0. The zero-order valence-corrected chi connectivity index (χ0v) is 9.93. The molecule has 3 rings (SSSR count). The van der Waals surface area contributed by atoms with Crippen molar-refractivity contribution in [1.29, 1.82) is 0 Å². The molecule has 0 bridgehead atoms. The maximum atomic E-state index is 11.1. The minimum Gasteiger partial charge on any atom is -0.478 e. The van der Waals surface area contributed by atoms with Gasteiger partial charge in [0.15, 0.2) is 17.9 Å². The smallest absolute Gasteiger partial charge is 0.343 e. The molecule has 2 aromatic rings. The van der Waals surface area contributed by atoms with Crippen LogP contribution in [-0.4, -0.2) is 19.7 Å². The lowest BCUT2D eigenvalue weighted by Crippen LogP contribution is -2.12. The molecule has 1 aromatic heterocycles. The summed E-state index contributed by atoms with van der Waals surface area (Å²) < 4.78 is 15.7. The Kier molecular flexibility index (Phi) is 2.55. The number of carbonyl (C=O) groups is 1. The summed E-state index contributed by atoms with van der Waals surface area (Å²) in [6.45, 7) is -0.114. The van der Waals surface area contributed by atoms with Gasteiger partial charge in [-0.25, -0.2) is 4.79 Å². The first-order chi connectivity index (χ1) is 8.79. The summed E-state index contributed by atoms with van der Waals surface area (Å²) in [4.78, 5) is 11.1. The number of rotatable bonds is 3. The topological polar surface area (TPSA) is 48.7 Å². The van der Waals surface area contributed by atoms with Crippen molar-refractivity contribution in [3.8, 4) is 5.75 Å². The van der Waals surface area contributed by atoms with Gasteiger partial charge in [-0.05, 0) is 18.6 Å². The number of furan rings is 1. The van der Waals surface area contributed by atoms with Crippen molar-refractivity contribution in [2.45, 2.75) is 6.42 Å². The Bertz CT molecular complexity index is 637. The summed E-state index contributed by atoms with van der Waals surface area (Å²) in [5.74, 6) is 1.03. The van der Waals surface area contributed by atoms with Crippen molar-refractivity contribution >= 4 is 23.0 Å². The molecule has 18 heavy (non-hydrogen) atoms. The Labute approximate surface area is 104 Å². The maximum absolute atomic E-state index is 11.1. The Morgan fingerprint density at radius 2 is 2.33 bits per heavy atom. The third-order valence-electron chi connectivity index (χ3n) is 2.98. The van der Waals surface area contributed by atoms with E-state index in [-0.39, 0.29) is 6.61 Å². The minimum absolute atomic E-state index is 0.114. The van der Waals surface area contributed by atoms with E-state index in [1.54, 1.807) is 6.07 Å². The molecule has 92 valence electrons. The van der Waals surface area contributed by atoms with E-state index in [0.29, 0.717) is 11.3 Å². The summed E-state index contributed by atoms with van der Waals surface area (Å²) in [6, 6.07) is 5.67. The van der Waals surface area contributed by atoms with Gasteiger partial charge in [0.05, 0.1) is 7.11 Å². The fourth-order valence-electron chi connectivity index (χ4n) is 2.10. The molecule has 0 radical (unpaired) electrons. The number of benzene rings is 1. The van der Waals surface area contributed by atoms with Crippen molar-refractivity contribution in [3.63, 3.8) is 0 Å². The second-order valence-electron chi connectivity index (χ2n) is 4.05. The Morgan fingerprint density at radius 1 is 1.44 bits per heavy atom. The quantitative estimate of drug-likeness (QED) is 0.778. The monoisotopic (exact) mass is 244 g/mol. The number of fused-ring (bicyclic) bond motifs is 3. The van der Waals surface area contributed by atoms with Crippen LogP contribution in [0.3, 0.4) is 0 Å². The van der Waals surface area contributed by atoms with Crippen molar-refractivity contribution < 1.29 is 18.7 Å². The third kappa shape index (κ3) is 1.66. The van der Waals surface area contributed by atoms with Crippen molar-refractivity contribution in [1.82, 2.24) is 0 Å². The van der Waals surface area contributed by atoms with E-state index in [2.05, 4.69) is 10.8 Å². The van der Waals surface area contributed by atoms with Gasteiger partial charge < -0.3 is 13.9 Å². The lowest BCUT2D eigenvalue weighted by Gasteiger charge is -2.04. The first-order valence-electron chi connectivity index (χ1n) is 5.70. The van der Waals surface area contributed by atoms with Crippen LogP contribution in [0.1, 0.15) is 11.3 Å². The Balaban J connectivity index is 1.97. The van der Waals surface area contributed by atoms with E-state index < -0.39 is 5.97 Å². The van der Waals surface area contributed by atoms with Crippen molar-refractivity contribution in [3.05, 3.63) is 35.6 Å². The van der Waals surface area contributed by atoms with Crippen LogP contribution in [0.5, 0.6) is 5.75 Å². The molecule has 0 unspecified atom stereocenters. The molecule has 0 atom stereocenters. The summed E-state index contributed by atoms with van der Waals surface area (Å²) in [7, 11) is 1.33. The molecule has 1 heterocycles. The summed E-state index contributed by atoms with van der Waals surface area (Å²) in [5, 5.41) is 1.04. The largest absolute Gasteiger partial charge is 0.478 e. The molecule has 1 aliphatic carbocycles. The number of hydrogen-bond donors (Lipinski definition) is 0. The second-order valence-corrected chi connectivity index (χ2v) is 4.05. The first-order valence-corrected chi connectivity index (χ1v) is 5.70. The number of esters is 1. The van der Waals surface area contributed by atoms with Gasteiger partial charge in [-0.1, -0.05) is 18.2 Å². The molecular weight excluding hydrogens is 232 g/mol. The number of allylic oxidation sites excluding steroid dienone is 1. The molecule has 0 N–H and O–H groups in total. The maximum Gasteiger partial charge on any atom is 0.343 e. The van der Waals surface area contributed by atoms with Gasteiger partial charge in [0.1, 0.15) is 5.76 Å². The molecule has 4 heteroatoms. The molecule has 0 saturated carbocycles. The average molecular weight is 244 g/mol. The fourth-order valence-corrected chi connectivity index (χ4v) is 2.10. The minimum atomic E-state index is -0.411. The average Bonchev–Trinajstić information content (AvgIpc) is 2.96. The predicted molar refractivity (Wildman–Crippen MR) is 66.5 cm³/mol. The van der Waals surface area contributed by atoms with Crippen LogP contribution in [-0.2, 0) is 16.0 Å². The molecule has 1 aromatic carbocycles. The number of carbonyl (C=O) groups excluding carboxylic acids is 1. The van der Waals surface area contributed by atoms with Crippen molar-refractivity contribution in [2.75, 3.05) is 13.7 Å². The standard InChI is InChI=1S/C14H12O4/c1-16-13(15)8-17-12-7-3-5-10-9-4-2-6-11(9)18-14(10)12/h2-3,5-7H,4,8H2,1H3. The highest BCUT2D eigenvalue weighted by Crippen LogP contribution is 2.36. The Morgan fingerprint density at radius 3 is 3.17 bits per heavy atom. The molecule has 0 saturated heterocycles. The van der Waals surface area contributed by atoms with Crippen LogP contribution in [0.4, 0.5) is 0 Å². The number of methoxy groups -OCH3 is 1. The number of para-hydroxylation sites is 1.